The molecule has 136 valence electrons. The van der Waals surface area contributed by atoms with Gasteiger partial charge in [0.05, 0.1) is 25.5 Å². The fourth-order valence-corrected chi connectivity index (χ4v) is 3.00. The molecule has 0 saturated carbocycles. The monoisotopic (exact) mass is 355 g/mol. The summed E-state index contributed by atoms with van der Waals surface area (Å²) in [6, 6.07) is 10.6. The van der Waals surface area contributed by atoms with E-state index in [1.807, 2.05) is 12.1 Å². The predicted molar refractivity (Wildman–Crippen MR) is 96.9 cm³/mol. The van der Waals surface area contributed by atoms with Gasteiger partial charge in [0.2, 0.25) is 0 Å². The Bertz CT molecular complexity index is 831. The standard InChI is InChI=1S/C20H21NO5/c1-24-16-8-9-17(18(11-16)25-2)21-19(22)12-26-20(23)15-7-6-13-4-3-5-14(13)10-15/h6-11H,3-5,12H2,1-2H3,(H,21,22). The molecule has 0 atom stereocenters. The van der Waals surface area contributed by atoms with Crippen LogP contribution < -0.4 is 14.8 Å². The molecular weight excluding hydrogens is 334 g/mol. The fraction of sp³-hybridized carbons (Fsp3) is 0.300. The molecule has 6 heteroatoms. The van der Waals surface area contributed by atoms with Crippen molar-refractivity contribution in [1.29, 1.82) is 0 Å². The molecule has 0 saturated heterocycles. The zero-order valence-electron chi connectivity index (χ0n) is 14.8. The van der Waals surface area contributed by atoms with Crippen molar-refractivity contribution in [2.75, 3.05) is 26.1 Å². The molecule has 0 heterocycles. The number of carbonyl (C=O) groups excluding carboxylic acids is 2. The van der Waals surface area contributed by atoms with E-state index >= 15 is 0 Å². The summed E-state index contributed by atoms with van der Waals surface area (Å²) in [5.74, 6) is 0.130. The zero-order valence-corrected chi connectivity index (χ0v) is 14.8. The Hall–Kier alpha value is -3.02. The number of benzene rings is 2. The Kier molecular flexibility index (Phi) is 5.41. The number of hydrogen-bond donors (Lipinski definition) is 1. The highest BCUT2D eigenvalue weighted by Gasteiger charge is 2.16. The molecular formula is C20H21NO5. The average molecular weight is 355 g/mol. The maximum atomic E-state index is 12.2. The largest absolute Gasteiger partial charge is 0.497 e. The van der Waals surface area contributed by atoms with Crippen LogP contribution in [-0.4, -0.2) is 32.7 Å². The molecule has 0 radical (unpaired) electrons. The van der Waals surface area contributed by atoms with Crippen LogP contribution in [0.15, 0.2) is 36.4 Å². The Morgan fingerprint density at radius 1 is 1.00 bits per heavy atom. The van der Waals surface area contributed by atoms with Crippen molar-refractivity contribution in [2.24, 2.45) is 0 Å². The highest BCUT2D eigenvalue weighted by atomic mass is 16.5. The van der Waals surface area contributed by atoms with Crippen molar-refractivity contribution >= 4 is 17.6 Å². The van der Waals surface area contributed by atoms with Crippen LogP contribution in [0, 0.1) is 0 Å². The minimum Gasteiger partial charge on any atom is -0.497 e. The van der Waals surface area contributed by atoms with Gasteiger partial charge in [-0.1, -0.05) is 6.07 Å². The molecule has 1 aliphatic rings. The molecule has 0 bridgehead atoms. The molecule has 1 amide bonds. The second-order valence-corrected chi connectivity index (χ2v) is 6.03. The lowest BCUT2D eigenvalue weighted by Crippen LogP contribution is -2.21. The van der Waals surface area contributed by atoms with Crippen LogP contribution >= 0.6 is 0 Å². The minimum atomic E-state index is -0.503. The molecule has 0 unspecified atom stereocenters. The SMILES string of the molecule is COc1ccc(NC(=O)COC(=O)c2ccc3c(c2)CCC3)c(OC)c1. The van der Waals surface area contributed by atoms with Gasteiger partial charge in [-0.05, 0) is 54.7 Å². The van der Waals surface area contributed by atoms with E-state index in [0.717, 1.165) is 19.3 Å². The second-order valence-electron chi connectivity index (χ2n) is 6.03. The summed E-state index contributed by atoms with van der Waals surface area (Å²) in [6.07, 6.45) is 3.14. The molecule has 3 rings (SSSR count). The summed E-state index contributed by atoms with van der Waals surface area (Å²) in [5.41, 5.74) is 3.42. The number of carbonyl (C=O) groups is 2. The number of hydrogen-bond acceptors (Lipinski definition) is 5. The van der Waals surface area contributed by atoms with Crippen molar-refractivity contribution in [2.45, 2.75) is 19.3 Å². The molecule has 6 nitrogen and oxygen atoms in total. The number of amides is 1. The molecule has 0 fully saturated rings. The van der Waals surface area contributed by atoms with Gasteiger partial charge in [-0.25, -0.2) is 4.79 Å². The quantitative estimate of drug-likeness (QED) is 0.807. The van der Waals surface area contributed by atoms with Gasteiger partial charge in [0.1, 0.15) is 11.5 Å². The third-order valence-electron chi connectivity index (χ3n) is 4.35. The van der Waals surface area contributed by atoms with Crippen LogP contribution in [0.25, 0.3) is 0 Å². The van der Waals surface area contributed by atoms with E-state index in [0.29, 0.717) is 22.7 Å². The Balaban J connectivity index is 1.58. The van der Waals surface area contributed by atoms with Crippen molar-refractivity contribution < 1.29 is 23.8 Å². The minimum absolute atomic E-state index is 0.370. The predicted octanol–water partition coefficient (Wildman–Crippen LogP) is 2.99. The van der Waals surface area contributed by atoms with Crippen molar-refractivity contribution in [3.63, 3.8) is 0 Å². The van der Waals surface area contributed by atoms with Gasteiger partial charge in [-0.2, -0.15) is 0 Å². The van der Waals surface area contributed by atoms with Crippen LogP contribution in [0.3, 0.4) is 0 Å². The van der Waals surface area contributed by atoms with E-state index in [1.54, 1.807) is 31.4 Å². The van der Waals surface area contributed by atoms with Crippen molar-refractivity contribution in [3.8, 4) is 11.5 Å². The number of aryl methyl sites for hydroxylation is 2. The number of nitrogens with one attached hydrogen (secondary N) is 1. The van der Waals surface area contributed by atoms with Gasteiger partial charge in [0.25, 0.3) is 5.91 Å². The van der Waals surface area contributed by atoms with E-state index in [4.69, 9.17) is 14.2 Å². The summed E-state index contributed by atoms with van der Waals surface area (Å²) in [4.78, 5) is 24.2. The lowest BCUT2D eigenvalue weighted by molar-refractivity contribution is -0.119. The van der Waals surface area contributed by atoms with E-state index in [-0.39, 0.29) is 6.61 Å². The van der Waals surface area contributed by atoms with Gasteiger partial charge < -0.3 is 19.5 Å². The van der Waals surface area contributed by atoms with E-state index in [1.165, 1.54) is 18.2 Å². The third kappa shape index (κ3) is 3.96. The number of anilines is 1. The number of fused-ring (bicyclic) bond motifs is 1. The number of ether oxygens (including phenoxy) is 3. The van der Waals surface area contributed by atoms with E-state index in [9.17, 15) is 9.59 Å². The van der Waals surface area contributed by atoms with Gasteiger partial charge >= 0.3 is 5.97 Å². The van der Waals surface area contributed by atoms with Crippen LogP contribution in [0.1, 0.15) is 27.9 Å². The van der Waals surface area contributed by atoms with Gasteiger partial charge in [-0.15, -0.1) is 0 Å². The van der Waals surface area contributed by atoms with Crippen LogP contribution in [0.5, 0.6) is 11.5 Å². The smallest absolute Gasteiger partial charge is 0.338 e. The van der Waals surface area contributed by atoms with Crippen molar-refractivity contribution in [1.82, 2.24) is 0 Å². The molecule has 0 aliphatic heterocycles. The van der Waals surface area contributed by atoms with E-state index in [2.05, 4.69) is 5.32 Å². The van der Waals surface area contributed by atoms with Gasteiger partial charge in [-0.3, -0.25) is 4.79 Å². The first kappa shape index (κ1) is 17.8. The number of rotatable bonds is 6. The first-order chi connectivity index (χ1) is 12.6. The lowest BCUT2D eigenvalue weighted by atomic mass is 10.1. The molecule has 1 N–H and O–H groups in total. The van der Waals surface area contributed by atoms with Crippen molar-refractivity contribution in [3.05, 3.63) is 53.1 Å². The highest BCUT2D eigenvalue weighted by Crippen LogP contribution is 2.29. The lowest BCUT2D eigenvalue weighted by Gasteiger charge is -2.12. The highest BCUT2D eigenvalue weighted by molar-refractivity contribution is 5.96. The molecule has 0 aromatic heterocycles. The molecule has 2 aromatic carbocycles. The first-order valence-corrected chi connectivity index (χ1v) is 8.41. The maximum Gasteiger partial charge on any atom is 0.338 e. The summed E-state index contributed by atoms with van der Waals surface area (Å²) < 4.78 is 15.5. The summed E-state index contributed by atoms with van der Waals surface area (Å²) in [6.45, 7) is -0.370. The van der Waals surface area contributed by atoms with Gasteiger partial charge in [0, 0.05) is 6.07 Å². The number of esters is 1. The maximum absolute atomic E-state index is 12.2. The first-order valence-electron chi connectivity index (χ1n) is 8.41. The molecule has 1 aliphatic carbocycles. The third-order valence-corrected chi connectivity index (χ3v) is 4.35. The normalized spacial score (nSPS) is 12.2. The fourth-order valence-electron chi connectivity index (χ4n) is 3.00. The Labute approximate surface area is 152 Å². The Morgan fingerprint density at radius 3 is 2.58 bits per heavy atom. The summed E-state index contributed by atoms with van der Waals surface area (Å²) >= 11 is 0. The van der Waals surface area contributed by atoms with Crippen LogP contribution in [0.4, 0.5) is 5.69 Å². The Morgan fingerprint density at radius 2 is 1.81 bits per heavy atom. The topological polar surface area (TPSA) is 73.9 Å². The molecule has 26 heavy (non-hydrogen) atoms. The number of methoxy groups -OCH3 is 2. The molecule has 2 aromatic rings. The van der Waals surface area contributed by atoms with Crippen LogP contribution in [-0.2, 0) is 22.4 Å². The average Bonchev–Trinajstić information content (AvgIpc) is 3.14. The second kappa shape index (κ2) is 7.91. The van der Waals surface area contributed by atoms with Gasteiger partial charge in [0.15, 0.2) is 6.61 Å². The summed E-state index contributed by atoms with van der Waals surface area (Å²) in [5, 5.41) is 2.66. The summed E-state index contributed by atoms with van der Waals surface area (Å²) in [7, 11) is 3.05. The molecule has 0 spiro atoms. The zero-order chi connectivity index (χ0) is 18.5. The van der Waals surface area contributed by atoms with E-state index < -0.39 is 11.9 Å². The van der Waals surface area contributed by atoms with Crippen LogP contribution in [0.2, 0.25) is 0 Å².